The van der Waals surface area contributed by atoms with E-state index >= 15 is 0 Å². The normalized spacial score (nSPS) is 17.9. The van der Waals surface area contributed by atoms with E-state index in [1.807, 2.05) is 16.9 Å². The minimum atomic E-state index is 0.202. The number of methoxy groups -OCH3 is 1. The van der Waals surface area contributed by atoms with Gasteiger partial charge in [0.15, 0.2) is 17.6 Å². The summed E-state index contributed by atoms with van der Waals surface area (Å²) in [5, 5.41) is 9.24. The average Bonchev–Trinajstić information content (AvgIpc) is 3.17. The minimum Gasteiger partial charge on any atom is -0.465 e. The molecule has 0 amide bonds. The summed E-state index contributed by atoms with van der Waals surface area (Å²) in [5.74, 6) is 0.762. The van der Waals surface area contributed by atoms with Crippen molar-refractivity contribution in [3.05, 3.63) is 29.5 Å². The molecule has 4 rings (SSSR count). The first-order valence-corrected chi connectivity index (χ1v) is 10.4. The predicted molar refractivity (Wildman–Crippen MR) is 113 cm³/mol. The molecule has 0 aliphatic carbocycles. The first kappa shape index (κ1) is 19.2. The van der Waals surface area contributed by atoms with Crippen LogP contribution in [0.25, 0.3) is 16.0 Å². The fourth-order valence-corrected chi connectivity index (χ4v) is 4.70. The molecular formula is C20H27N5O2S. The van der Waals surface area contributed by atoms with E-state index in [0.29, 0.717) is 6.04 Å². The molecule has 2 aromatic heterocycles. The number of hydrogen-bond donors (Lipinski definition) is 1. The number of rotatable bonds is 6. The van der Waals surface area contributed by atoms with Crippen molar-refractivity contribution in [2.24, 2.45) is 0 Å². The smallest absolute Gasteiger partial charge is 0.194 e. The molecule has 1 saturated heterocycles. The second-order valence-electron chi connectivity index (χ2n) is 7.51. The van der Waals surface area contributed by atoms with Gasteiger partial charge >= 0.3 is 0 Å². The maximum absolute atomic E-state index is 5.79. The molecule has 3 heterocycles. The minimum absolute atomic E-state index is 0.202. The third-order valence-electron chi connectivity index (χ3n) is 5.00. The van der Waals surface area contributed by atoms with Crippen molar-refractivity contribution in [2.45, 2.75) is 32.7 Å². The summed E-state index contributed by atoms with van der Waals surface area (Å²) < 4.78 is 13.8. The number of hydrogen-bond acceptors (Lipinski definition) is 7. The molecular weight excluding hydrogens is 374 g/mol. The zero-order valence-electron chi connectivity index (χ0n) is 16.9. The second kappa shape index (κ2) is 8.06. The summed E-state index contributed by atoms with van der Waals surface area (Å²) in [6.07, 6.45) is 4.44. The van der Waals surface area contributed by atoms with Crippen LogP contribution in [0.4, 0.5) is 5.13 Å². The lowest BCUT2D eigenvalue weighted by Gasteiger charge is -2.29. The molecule has 28 heavy (non-hydrogen) atoms. The van der Waals surface area contributed by atoms with Gasteiger partial charge in [0, 0.05) is 19.7 Å². The van der Waals surface area contributed by atoms with Gasteiger partial charge in [-0.25, -0.2) is 4.68 Å². The summed E-state index contributed by atoms with van der Waals surface area (Å²) >= 11 is 1.65. The number of ether oxygens (including phenoxy) is 2. The van der Waals surface area contributed by atoms with Crippen LogP contribution in [0, 0.1) is 13.8 Å². The average molecular weight is 402 g/mol. The summed E-state index contributed by atoms with van der Waals surface area (Å²) in [4.78, 5) is 7.07. The van der Waals surface area contributed by atoms with Gasteiger partial charge in [0.25, 0.3) is 0 Å². The molecule has 0 unspecified atom stereocenters. The van der Waals surface area contributed by atoms with Crippen molar-refractivity contribution in [1.82, 2.24) is 19.7 Å². The Hall–Kier alpha value is -2.16. The number of aryl methyl sites for hydroxylation is 2. The molecule has 7 nitrogen and oxygen atoms in total. The molecule has 1 aliphatic heterocycles. The largest absolute Gasteiger partial charge is 0.465 e. The molecule has 3 aromatic rings. The van der Waals surface area contributed by atoms with E-state index in [9.17, 15) is 0 Å². The lowest BCUT2D eigenvalue weighted by Crippen LogP contribution is -2.39. The monoisotopic (exact) mass is 401 g/mol. The summed E-state index contributed by atoms with van der Waals surface area (Å²) in [5.41, 5.74) is 3.93. The van der Waals surface area contributed by atoms with Crippen molar-refractivity contribution in [2.75, 3.05) is 39.4 Å². The number of anilines is 1. The second-order valence-corrected chi connectivity index (χ2v) is 8.54. The fourth-order valence-electron chi connectivity index (χ4n) is 3.80. The van der Waals surface area contributed by atoms with Gasteiger partial charge < -0.3 is 19.7 Å². The van der Waals surface area contributed by atoms with Crippen LogP contribution in [0.15, 0.2) is 18.3 Å². The van der Waals surface area contributed by atoms with Crippen LogP contribution in [0.1, 0.15) is 24.0 Å². The van der Waals surface area contributed by atoms with Crippen LogP contribution < -0.4 is 10.1 Å². The van der Waals surface area contributed by atoms with Crippen LogP contribution in [-0.4, -0.2) is 59.7 Å². The Kier molecular flexibility index (Phi) is 5.52. The SMILES string of the molecule is COCOc1cc(C)cc(C)c1-n1cc2sc(N[C@@H]3CCCN(C)C3)nc2n1. The molecule has 1 aliphatic rings. The number of likely N-dealkylation sites (tertiary alicyclic amines) is 1. The Morgan fingerprint density at radius 3 is 2.93 bits per heavy atom. The molecule has 0 radical (unpaired) electrons. The van der Waals surface area contributed by atoms with Gasteiger partial charge in [-0.15, -0.1) is 5.10 Å². The maximum Gasteiger partial charge on any atom is 0.194 e. The number of likely N-dealkylation sites (N-methyl/N-ethyl adjacent to an activating group) is 1. The van der Waals surface area contributed by atoms with E-state index in [2.05, 4.69) is 37.2 Å². The van der Waals surface area contributed by atoms with Gasteiger partial charge in [-0.3, -0.25) is 0 Å². The Morgan fingerprint density at radius 1 is 1.32 bits per heavy atom. The van der Waals surface area contributed by atoms with E-state index in [4.69, 9.17) is 19.6 Å². The topological polar surface area (TPSA) is 64.4 Å². The fraction of sp³-hybridized carbons (Fsp3) is 0.500. The highest BCUT2D eigenvalue weighted by atomic mass is 32.1. The highest BCUT2D eigenvalue weighted by Crippen LogP contribution is 2.32. The van der Waals surface area contributed by atoms with Gasteiger partial charge in [0.05, 0.1) is 10.9 Å². The molecule has 1 atom stereocenters. The Morgan fingerprint density at radius 2 is 2.18 bits per heavy atom. The summed E-state index contributed by atoms with van der Waals surface area (Å²) in [7, 11) is 3.79. The molecule has 8 heteroatoms. The van der Waals surface area contributed by atoms with Gasteiger partial charge in [0.2, 0.25) is 0 Å². The first-order valence-electron chi connectivity index (χ1n) is 9.58. The number of benzene rings is 1. The van der Waals surface area contributed by atoms with E-state index in [1.165, 1.54) is 19.4 Å². The van der Waals surface area contributed by atoms with Crippen molar-refractivity contribution in [3.63, 3.8) is 0 Å². The number of piperidine rings is 1. The van der Waals surface area contributed by atoms with Crippen LogP contribution in [0.5, 0.6) is 5.75 Å². The molecule has 0 spiro atoms. The van der Waals surface area contributed by atoms with E-state index < -0.39 is 0 Å². The number of fused-ring (bicyclic) bond motifs is 1. The third kappa shape index (κ3) is 3.99. The van der Waals surface area contributed by atoms with Gasteiger partial charge in [0.1, 0.15) is 11.4 Å². The highest BCUT2D eigenvalue weighted by Gasteiger charge is 2.20. The van der Waals surface area contributed by atoms with Crippen LogP contribution >= 0.6 is 11.3 Å². The first-order chi connectivity index (χ1) is 13.5. The van der Waals surface area contributed by atoms with E-state index in [0.717, 1.165) is 44.6 Å². The van der Waals surface area contributed by atoms with Crippen LogP contribution in [-0.2, 0) is 4.74 Å². The quantitative estimate of drug-likeness (QED) is 0.637. The van der Waals surface area contributed by atoms with Gasteiger partial charge in [-0.1, -0.05) is 17.4 Å². The molecule has 150 valence electrons. The molecule has 1 N–H and O–H groups in total. The van der Waals surface area contributed by atoms with Crippen molar-refractivity contribution < 1.29 is 9.47 Å². The molecule has 1 aromatic carbocycles. The molecule has 0 bridgehead atoms. The Bertz CT molecular complexity index is 936. The van der Waals surface area contributed by atoms with Crippen molar-refractivity contribution in [1.29, 1.82) is 0 Å². The van der Waals surface area contributed by atoms with Crippen molar-refractivity contribution >= 4 is 26.8 Å². The number of aromatic nitrogens is 3. The zero-order valence-corrected chi connectivity index (χ0v) is 17.7. The van der Waals surface area contributed by atoms with Crippen molar-refractivity contribution in [3.8, 4) is 11.4 Å². The number of nitrogens with one attached hydrogen (secondary N) is 1. The van der Waals surface area contributed by atoms with E-state index in [-0.39, 0.29) is 6.79 Å². The summed E-state index contributed by atoms with van der Waals surface area (Å²) in [6, 6.07) is 4.59. The van der Waals surface area contributed by atoms with Gasteiger partial charge in [-0.05, 0) is 57.5 Å². The molecule has 1 fully saturated rings. The zero-order chi connectivity index (χ0) is 19.7. The van der Waals surface area contributed by atoms with Crippen LogP contribution in [0.2, 0.25) is 0 Å². The Labute approximate surface area is 169 Å². The van der Waals surface area contributed by atoms with Gasteiger partial charge in [-0.2, -0.15) is 4.98 Å². The summed E-state index contributed by atoms with van der Waals surface area (Å²) in [6.45, 7) is 6.56. The van der Waals surface area contributed by atoms with E-state index in [1.54, 1.807) is 18.4 Å². The highest BCUT2D eigenvalue weighted by molar-refractivity contribution is 7.22. The van der Waals surface area contributed by atoms with Crippen LogP contribution in [0.3, 0.4) is 0 Å². The maximum atomic E-state index is 5.79. The lowest BCUT2D eigenvalue weighted by molar-refractivity contribution is 0.0509. The predicted octanol–water partition coefficient (Wildman–Crippen LogP) is 3.59. The third-order valence-corrected chi connectivity index (χ3v) is 5.91. The Balaban J connectivity index is 1.60. The number of thiazole rings is 1. The lowest BCUT2D eigenvalue weighted by atomic mass is 10.1. The molecule has 0 saturated carbocycles. The standard InChI is InChI=1S/C20H27N5O2S/c1-13-8-14(2)18(16(9-13)27-12-26-4)25-11-17-19(23-25)22-20(28-17)21-15-6-5-7-24(3)10-15/h8-9,11,15H,5-7,10,12H2,1-4H3,(H,21,22,23)/t15-/m1/s1. The number of nitrogens with zero attached hydrogens (tertiary/aromatic N) is 4.